The Balaban J connectivity index is 2.09. The lowest BCUT2D eigenvalue weighted by atomic mass is 10.1. The molecule has 2 N–H and O–H groups in total. The molecule has 0 unspecified atom stereocenters. The van der Waals surface area contributed by atoms with Crippen molar-refractivity contribution in [3.8, 4) is 0 Å². The Kier molecular flexibility index (Phi) is 4.18. The van der Waals surface area contributed by atoms with E-state index in [1.165, 1.54) is 9.79 Å². The van der Waals surface area contributed by atoms with Crippen LogP contribution in [0.4, 0.5) is 0 Å². The Morgan fingerprint density at radius 1 is 1.37 bits per heavy atom. The van der Waals surface area contributed by atoms with Gasteiger partial charge in [-0.05, 0) is 18.4 Å². The van der Waals surface area contributed by atoms with Crippen molar-refractivity contribution in [1.82, 2.24) is 9.79 Å². The van der Waals surface area contributed by atoms with Crippen molar-refractivity contribution in [3.05, 3.63) is 35.9 Å². The second kappa shape index (κ2) is 5.68. The Morgan fingerprint density at radius 3 is 2.68 bits per heavy atom. The van der Waals surface area contributed by atoms with Gasteiger partial charge < -0.3 is 0 Å². The van der Waals surface area contributed by atoms with Gasteiger partial charge in [0.25, 0.3) is 5.91 Å². The predicted molar refractivity (Wildman–Crippen MR) is 69.0 cm³/mol. The molecule has 0 bridgehead atoms. The third-order valence-corrected chi connectivity index (χ3v) is 5.13. The molecule has 6 nitrogen and oxygen atoms in total. The largest absolute Gasteiger partial charge is 0.289 e. The van der Waals surface area contributed by atoms with E-state index in [-0.39, 0.29) is 18.7 Å². The molecule has 1 aliphatic rings. The summed E-state index contributed by atoms with van der Waals surface area (Å²) in [5.74, 6) is -0.728. The number of amides is 1. The first-order valence-corrected chi connectivity index (χ1v) is 7.63. The summed E-state index contributed by atoms with van der Waals surface area (Å²) in [5.41, 5.74) is 2.53. The molecule has 0 spiro atoms. The van der Waals surface area contributed by atoms with Crippen LogP contribution in [-0.4, -0.2) is 42.2 Å². The standard InChI is InChI=1S/C12H16N2O4S/c15-12(13-16)11-7-9-19(17,18)14(11)8-6-10-4-2-1-3-5-10/h1-5,11,16H,6-9H2,(H,13,15)/t11-/m1/s1. The molecule has 1 aliphatic heterocycles. The summed E-state index contributed by atoms with van der Waals surface area (Å²) in [7, 11) is -3.40. The number of rotatable bonds is 4. The van der Waals surface area contributed by atoms with E-state index in [2.05, 4.69) is 0 Å². The summed E-state index contributed by atoms with van der Waals surface area (Å²) >= 11 is 0. The Hall–Kier alpha value is -1.44. The molecule has 0 aromatic heterocycles. The van der Waals surface area contributed by atoms with Gasteiger partial charge in [-0.25, -0.2) is 13.9 Å². The topological polar surface area (TPSA) is 86.7 Å². The minimum absolute atomic E-state index is 0.0557. The minimum atomic E-state index is -3.40. The maximum atomic E-state index is 11.9. The second-order valence-corrected chi connectivity index (χ2v) is 6.48. The summed E-state index contributed by atoms with van der Waals surface area (Å²) in [4.78, 5) is 11.5. The molecule has 104 valence electrons. The van der Waals surface area contributed by atoms with Crippen molar-refractivity contribution < 1.29 is 18.4 Å². The minimum Gasteiger partial charge on any atom is -0.289 e. The Morgan fingerprint density at radius 2 is 2.05 bits per heavy atom. The maximum absolute atomic E-state index is 11.9. The highest BCUT2D eigenvalue weighted by atomic mass is 32.2. The molecule has 1 amide bonds. The predicted octanol–water partition coefficient (Wildman–Crippen LogP) is 0.139. The summed E-state index contributed by atoms with van der Waals surface area (Å²) in [6, 6.07) is 8.65. The van der Waals surface area contributed by atoms with Gasteiger partial charge >= 0.3 is 0 Å². The average molecular weight is 284 g/mol. The van der Waals surface area contributed by atoms with Crippen molar-refractivity contribution in [2.45, 2.75) is 18.9 Å². The average Bonchev–Trinajstić information content (AvgIpc) is 2.72. The molecule has 1 fully saturated rings. The zero-order valence-electron chi connectivity index (χ0n) is 10.3. The van der Waals surface area contributed by atoms with Gasteiger partial charge in [0.2, 0.25) is 10.0 Å². The molecule has 0 radical (unpaired) electrons. The number of hydroxylamine groups is 1. The number of nitrogens with zero attached hydrogens (tertiary/aromatic N) is 1. The van der Waals surface area contributed by atoms with E-state index >= 15 is 0 Å². The summed E-state index contributed by atoms with van der Waals surface area (Å²) in [5, 5.41) is 8.65. The van der Waals surface area contributed by atoms with E-state index in [9.17, 15) is 13.2 Å². The van der Waals surface area contributed by atoms with Crippen LogP contribution in [0.25, 0.3) is 0 Å². The fourth-order valence-electron chi connectivity index (χ4n) is 2.23. The molecule has 1 aromatic carbocycles. The lowest BCUT2D eigenvalue weighted by molar-refractivity contribution is -0.132. The van der Waals surface area contributed by atoms with Gasteiger partial charge in [-0.3, -0.25) is 10.0 Å². The highest BCUT2D eigenvalue weighted by Crippen LogP contribution is 2.21. The number of sulfonamides is 1. The molecule has 1 aromatic rings. The highest BCUT2D eigenvalue weighted by molar-refractivity contribution is 7.89. The van der Waals surface area contributed by atoms with Crippen LogP contribution in [0.2, 0.25) is 0 Å². The second-order valence-electron chi connectivity index (χ2n) is 4.44. The number of hydrogen-bond donors (Lipinski definition) is 2. The molecule has 1 atom stereocenters. The van der Waals surface area contributed by atoms with Crippen molar-refractivity contribution in [2.24, 2.45) is 0 Å². The molecule has 1 saturated heterocycles. The first-order chi connectivity index (χ1) is 9.04. The van der Waals surface area contributed by atoms with Crippen molar-refractivity contribution in [2.75, 3.05) is 12.3 Å². The zero-order valence-corrected chi connectivity index (χ0v) is 11.1. The van der Waals surface area contributed by atoms with Crippen LogP contribution in [0.5, 0.6) is 0 Å². The van der Waals surface area contributed by atoms with Crippen LogP contribution in [0, 0.1) is 0 Å². The Bertz CT molecular complexity index is 544. The molecular formula is C12H16N2O4S. The van der Waals surface area contributed by atoms with Crippen LogP contribution < -0.4 is 5.48 Å². The van der Waals surface area contributed by atoms with E-state index < -0.39 is 22.0 Å². The molecule has 0 aliphatic carbocycles. The van der Waals surface area contributed by atoms with Gasteiger partial charge in [0.15, 0.2) is 0 Å². The van der Waals surface area contributed by atoms with Crippen LogP contribution in [0.1, 0.15) is 12.0 Å². The number of carbonyl (C=O) groups excluding carboxylic acids is 1. The van der Waals surface area contributed by atoms with E-state index in [1.54, 1.807) is 0 Å². The lowest BCUT2D eigenvalue weighted by Crippen LogP contribution is -2.44. The monoisotopic (exact) mass is 284 g/mol. The normalized spacial score (nSPS) is 22.3. The molecule has 1 heterocycles. The SMILES string of the molecule is O=C(NO)[C@H]1CCS(=O)(=O)N1CCc1ccccc1. The van der Waals surface area contributed by atoms with Gasteiger partial charge in [0.05, 0.1) is 5.75 Å². The van der Waals surface area contributed by atoms with Crippen LogP contribution in [-0.2, 0) is 21.2 Å². The van der Waals surface area contributed by atoms with Crippen molar-refractivity contribution >= 4 is 15.9 Å². The van der Waals surface area contributed by atoms with Crippen LogP contribution in [0.15, 0.2) is 30.3 Å². The fraction of sp³-hybridized carbons (Fsp3) is 0.417. The number of benzene rings is 1. The maximum Gasteiger partial charge on any atom is 0.261 e. The highest BCUT2D eigenvalue weighted by Gasteiger charge is 2.40. The number of hydrogen-bond acceptors (Lipinski definition) is 4. The van der Waals surface area contributed by atoms with Crippen molar-refractivity contribution in [1.29, 1.82) is 0 Å². The quantitative estimate of drug-likeness (QED) is 0.608. The van der Waals surface area contributed by atoms with E-state index in [1.807, 2.05) is 30.3 Å². The molecule has 7 heteroatoms. The van der Waals surface area contributed by atoms with Crippen LogP contribution in [0.3, 0.4) is 0 Å². The van der Waals surface area contributed by atoms with Crippen molar-refractivity contribution in [3.63, 3.8) is 0 Å². The van der Waals surface area contributed by atoms with Gasteiger partial charge in [-0.2, -0.15) is 4.31 Å². The smallest absolute Gasteiger partial charge is 0.261 e. The molecule has 2 rings (SSSR count). The summed E-state index contributed by atoms with van der Waals surface area (Å²) in [6.07, 6.45) is 0.749. The molecule has 0 saturated carbocycles. The third kappa shape index (κ3) is 3.12. The fourth-order valence-corrected chi connectivity index (χ4v) is 3.94. The lowest BCUT2D eigenvalue weighted by Gasteiger charge is -2.21. The van der Waals surface area contributed by atoms with Gasteiger partial charge in [0, 0.05) is 6.54 Å². The van der Waals surface area contributed by atoms with Gasteiger partial charge in [-0.1, -0.05) is 30.3 Å². The summed E-state index contributed by atoms with van der Waals surface area (Å²) in [6.45, 7) is 0.241. The number of nitrogens with one attached hydrogen (secondary N) is 1. The van der Waals surface area contributed by atoms with E-state index in [0.29, 0.717) is 6.42 Å². The van der Waals surface area contributed by atoms with Gasteiger partial charge in [0.1, 0.15) is 6.04 Å². The third-order valence-electron chi connectivity index (χ3n) is 3.23. The summed E-state index contributed by atoms with van der Waals surface area (Å²) < 4.78 is 24.9. The first kappa shape index (κ1) is 14.0. The van der Waals surface area contributed by atoms with Crippen LogP contribution >= 0.6 is 0 Å². The first-order valence-electron chi connectivity index (χ1n) is 6.02. The Labute approximate surface area is 112 Å². The number of carbonyl (C=O) groups is 1. The molecular weight excluding hydrogens is 268 g/mol. The van der Waals surface area contributed by atoms with E-state index in [4.69, 9.17) is 5.21 Å². The zero-order chi connectivity index (χ0) is 13.9. The molecule has 19 heavy (non-hydrogen) atoms. The van der Waals surface area contributed by atoms with Gasteiger partial charge in [-0.15, -0.1) is 0 Å². The van der Waals surface area contributed by atoms with E-state index in [0.717, 1.165) is 5.56 Å².